The van der Waals surface area contributed by atoms with Gasteiger partial charge >= 0.3 is 0 Å². The van der Waals surface area contributed by atoms with Gasteiger partial charge in [0.1, 0.15) is 5.41 Å². The van der Waals surface area contributed by atoms with Crippen LogP contribution in [0.4, 0.5) is 0 Å². The lowest BCUT2D eigenvalue weighted by Crippen LogP contribution is -2.42. The van der Waals surface area contributed by atoms with Gasteiger partial charge in [0.2, 0.25) is 11.8 Å². The van der Waals surface area contributed by atoms with Gasteiger partial charge in [0.15, 0.2) is 0 Å². The zero-order chi connectivity index (χ0) is 10.9. The molecule has 0 bridgehead atoms. The molecule has 1 aliphatic rings. The van der Waals surface area contributed by atoms with E-state index in [-0.39, 0.29) is 5.91 Å². The van der Waals surface area contributed by atoms with Crippen molar-refractivity contribution in [2.24, 2.45) is 17.1 Å². The van der Waals surface area contributed by atoms with Gasteiger partial charge in [0, 0.05) is 13.6 Å². The van der Waals surface area contributed by atoms with Crippen LogP contribution in [0.1, 0.15) is 26.7 Å². The van der Waals surface area contributed by atoms with Crippen LogP contribution in [0, 0.1) is 11.3 Å². The lowest BCUT2D eigenvalue weighted by Gasteiger charge is -2.23. The molecule has 4 heteroatoms. The quantitative estimate of drug-likeness (QED) is 0.663. The minimum atomic E-state index is -0.857. The fourth-order valence-electron chi connectivity index (χ4n) is 1.69. The highest BCUT2D eigenvalue weighted by Crippen LogP contribution is 2.46. The molecule has 0 spiro atoms. The second kappa shape index (κ2) is 3.59. The Morgan fingerprint density at radius 1 is 1.43 bits per heavy atom. The summed E-state index contributed by atoms with van der Waals surface area (Å²) in [4.78, 5) is 24.5. The van der Waals surface area contributed by atoms with E-state index in [1.807, 2.05) is 13.8 Å². The van der Waals surface area contributed by atoms with Gasteiger partial charge in [-0.25, -0.2) is 0 Å². The molecule has 1 rings (SSSR count). The van der Waals surface area contributed by atoms with E-state index >= 15 is 0 Å². The summed E-state index contributed by atoms with van der Waals surface area (Å²) >= 11 is 0. The molecular formula is C10H18N2O2. The zero-order valence-corrected chi connectivity index (χ0v) is 9.04. The molecule has 0 radical (unpaired) electrons. The third kappa shape index (κ3) is 1.89. The number of rotatable bonds is 4. The molecule has 0 atom stereocenters. The van der Waals surface area contributed by atoms with Crippen LogP contribution in [0.3, 0.4) is 0 Å². The lowest BCUT2D eigenvalue weighted by molar-refractivity contribution is -0.142. The van der Waals surface area contributed by atoms with E-state index in [0.29, 0.717) is 25.3 Å². The molecule has 1 saturated carbocycles. The van der Waals surface area contributed by atoms with E-state index in [2.05, 4.69) is 0 Å². The number of carbonyl (C=O) groups excluding carboxylic acids is 2. The van der Waals surface area contributed by atoms with Gasteiger partial charge in [-0.15, -0.1) is 0 Å². The summed E-state index contributed by atoms with van der Waals surface area (Å²) in [5, 5.41) is 0. The van der Waals surface area contributed by atoms with Crippen LogP contribution in [0.2, 0.25) is 0 Å². The van der Waals surface area contributed by atoms with Gasteiger partial charge in [-0.05, 0) is 18.8 Å². The Morgan fingerprint density at radius 2 is 1.93 bits per heavy atom. The van der Waals surface area contributed by atoms with Gasteiger partial charge in [-0.1, -0.05) is 13.8 Å². The summed E-state index contributed by atoms with van der Waals surface area (Å²) in [5.41, 5.74) is 4.36. The van der Waals surface area contributed by atoms with Crippen LogP contribution in [0.5, 0.6) is 0 Å². The molecule has 0 aromatic carbocycles. The van der Waals surface area contributed by atoms with Gasteiger partial charge in [0.25, 0.3) is 0 Å². The van der Waals surface area contributed by atoms with Crippen molar-refractivity contribution in [2.75, 3.05) is 13.6 Å². The van der Waals surface area contributed by atoms with Gasteiger partial charge in [-0.2, -0.15) is 0 Å². The minimum absolute atomic E-state index is 0.112. The predicted octanol–water partition coefficient (Wildman–Crippen LogP) is 0.366. The summed E-state index contributed by atoms with van der Waals surface area (Å²) in [6, 6.07) is 0. The van der Waals surface area contributed by atoms with Crippen LogP contribution >= 0.6 is 0 Å². The Balaban J connectivity index is 2.61. The molecule has 0 aliphatic heterocycles. The topological polar surface area (TPSA) is 63.4 Å². The molecule has 0 saturated heterocycles. The second-order valence-corrected chi connectivity index (χ2v) is 4.53. The first-order valence-corrected chi connectivity index (χ1v) is 4.95. The van der Waals surface area contributed by atoms with Gasteiger partial charge in [-0.3, -0.25) is 9.59 Å². The average molecular weight is 198 g/mol. The molecule has 0 aromatic heterocycles. The van der Waals surface area contributed by atoms with Crippen molar-refractivity contribution in [1.29, 1.82) is 0 Å². The fourth-order valence-corrected chi connectivity index (χ4v) is 1.69. The Morgan fingerprint density at radius 3 is 2.21 bits per heavy atom. The van der Waals surface area contributed by atoms with Gasteiger partial charge in [0.05, 0.1) is 0 Å². The van der Waals surface area contributed by atoms with E-state index in [4.69, 9.17) is 5.73 Å². The number of primary amides is 1. The molecule has 80 valence electrons. The van der Waals surface area contributed by atoms with Crippen molar-refractivity contribution in [3.05, 3.63) is 0 Å². The normalized spacial score (nSPS) is 18.0. The predicted molar refractivity (Wildman–Crippen MR) is 53.3 cm³/mol. The number of amides is 2. The van der Waals surface area contributed by atoms with Crippen LogP contribution < -0.4 is 5.73 Å². The highest BCUT2D eigenvalue weighted by atomic mass is 16.2. The minimum Gasteiger partial charge on any atom is -0.369 e. The van der Waals surface area contributed by atoms with Crippen molar-refractivity contribution in [1.82, 2.24) is 4.90 Å². The van der Waals surface area contributed by atoms with Crippen molar-refractivity contribution < 1.29 is 9.59 Å². The first kappa shape index (κ1) is 11.0. The summed E-state index contributed by atoms with van der Waals surface area (Å²) in [5.74, 6) is -0.176. The Hall–Kier alpha value is -1.06. The van der Waals surface area contributed by atoms with E-state index < -0.39 is 11.3 Å². The van der Waals surface area contributed by atoms with Crippen LogP contribution in [-0.2, 0) is 9.59 Å². The molecule has 0 heterocycles. The number of hydrogen-bond acceptors (Lipinski definition) is 2. The highest BCUT2D eigenvalue weighted by Gasteiger charge is 2.56. The van der Waals surface area contributed by atoms with Crippen LogP contribution in [0.25, 0.3) is 0 Å². The molecule has 2 N–H and O–H groups in total. The first-order chi connectivity index (χ1) is 6.40. The van der Waals surface area contributed by atoms with Crippen molar-refractivity contribution in [3.8, 4) is 0 Å². The average Bonchev–Trinajstić information content (AvgIpc) is 2.81. The number of nitrogens with two attached hydrogens (primary N) is 1. The molecule has 2 amide bonds. The van der Waals surface area contributed by atoms with Crippen molar-refractivity contribution in [2.45, 2.75) is 26.7 Å². The summed E-state index contributed by atoms with van der Waals surface area (Å²) in [6.45, 7) is 4.75. The smallest absolute Gasteiger partial charge is 0.238 e. The molecule has 1 aliphatic carbocycles. The van der Waals surface area contributed by atoms with Crippen molar-refractivity contribution in [3.63, 3.8) is 0 Å². The van der Waals surface area contributed by atoms with E-state index in [1.165, 1.54) is 0 Å². The third-order valence-corrected chi connectivity index (χ3v) is 2.62. The van der Waals surface area contributed by atoms with E-state index in [0.717, 1.165) is 0 Å². The monoisotopic (exact) mass is 198 g/mol. The van der Waals surface area contributed by atoms with E-state index in [9.17, 15) is 9.59 Å². The van der Waals surface area contributed by atoms with Gasteiger partial charge < -0.3 is 10.6 Å². The Bertz CT molecular complexity index is 257. The summed E-state index contributed by atoms with van der Waals surface area (Å²) < 4.78 is 0. The maximum Gasteiger partial charge on any atom is 0.238 e. The first-order valence-electron chi connectivity index (χ1n) is 4.95. The van der Waals surface area contributed by atoms with Crippen LogP contribution in [0.15, 0.2) is 0 Å². The summed E-state index contributed by atoms with van der Waals surface area (Å²) in [6.07, 6.45) is 1.23. The zero-order valence-electron chi connectivity index (χ0n) is 9.04. The molecule has 1 fully saturated rings. The maximum atomic E-state index is 11.8. The highest BCUT2D eigenvalue weighted by molar-refractivity contribution is 6.07. The maximum absolute atomic E-state index is 11.8. The molecule has 0 aromatic rings. The standard InChI is InChI=1S/C10H18N2O2/c1-7(2)6-12(3)9(14)10(4-5-10)8(11)13/h7H,4-6H2,1-3H3,(H2,11,13). The number of carbonyl (C=O) groups is 2. The molecular weight excluding hydrogens is 180 g/mol. The fraction of sp³-hybridized carbons (Fsp3) is 0.800. The summed E-state index contributed by atoms with van der Waals surface area (Å²) in [7, 11) is 1.73. The number of hydrogen-bond donors (Lipinski definition) is 1. The molecule has 0 unspecified atom stereocenters. The second-order valence-electron chi connectivity index (χ2n) is 4.53. The lowest BCUT2D eigenvalue weighted by atomic mass is 10.0. The molecule has 4 nitrogen and oxygen atoms in total. The van der Waals surface area contributed by atoms with Crippen LogP contribution in [-0.4, -0.2) is 30.3 Å². The third-order valence-electron chi connectivity index (χ3n) is 2.62. The van der Waals surface area contributed by atoms with Crippen molar-refractivity contribution >= 4 is 11.8 Å². The Labute approximate surface area is 84.4 Å². The van der Waals surface area contributed by atoms with E-state index in [1.54, 1.807) is 11.9 Å². The Kier molecular flexibility index (Phi) is 2.83. The molecule has 14 heavy (non-hydrogen) atoms. The number of nitrogens with zero attached hydrogens (tertiary/aromatic N) is 1. The largest absolute Gasteiger partial charge is 0.369 e. The SMILES string of the molecule is CC(C)CN(C)C(=O)C1(C(N)=O)CC1.